The second kappa shape index (κ2) is 65.4. The monoisotopic (exact) mass is 1490 g/mol. The molecule has 1 amide bonds. The lowest BCUT2D eigenvalue weighted by atomic mass is 9.96. The van der Waals surface area contributed by atoms with Crippen molar-refractivity contribution in [1.82, 2.24) is 5.32 Å². The summed E-state index contributed by atoms with van der Waals surface area (Å²) in [5, 5.41) is 121. The molecule has 3 aliphatic rings. The molecule has 17 atom stereocenters. The molecule has 0 aromatic heterocycles. The maximum absolute atomic E-state index is 13.5. The van der Waals surface area contributed by atoms with Gasteiger partial charge in [0.2, 0.25) is 5.91 Å². The van der Waals surface area contributed by atoms with Crippen LogP contribution in [-0.4, -0.2) is 193 Å². The number of hydrogen-bond acceptors (Lipinski definition) is 18. The maximum Gasteiger partial charge on any atom is 0.220 e. The van der Waals surface area contributed by atoms with Gasteiger partial charge in [-0.1, -0.05) is 310 Å². The second-order valence-corrected chi connectivity index (χ2v) is 29.5. The molecule has 12 N–H and O–H groups in total. The van der Waals surface area contributed by atoms with E-state index in [1.807, 2.05) is 6.08 Å². The lowest BCUT2D eigenvalue weighted by Crippen LogP contribution is -2.66. The van der Waals surface area contributed by atoms with Gasteiger partial charge in [0.05, 0.1) is 38.6 Å². The molecule has 19 nitrogen and oxygen atoms in total. The van der Waals surface area contributed by atoms with E-state index in [4.69, 9.17) is 28.4 Å². The molecule has 0 bridgehead atoms. The predicted molar refractivity (Wildman–Crippen MR) is 420 cm³/mol. The summed E-state index contributed by atoms with van der Waals surface area (Å²) in [5.41, 5.74) is 0. The first kappa shape index (κ1) is 95.9. The molecule has 0 radical (unpaired) electrons. The van der Waals surface area contributed by atoms with Crippen molar-refractivity contribution in [2.75, 3.05) is 26.4 Å². The smallest absolute Gasteiger partial charge is 0.220 e. The molecule has 0 spiro atoms. The van der Waals surface area contributed by atoms with E-state index in [0.717, 1.165) is 77.0 Å². The van der Waals surface area contributed by atoms with Gasteiger partial charge in [-0.25, -0.2) is 0 Å². The number of unbranched alkanes of at least 4 members (excludes halogenated alkanes) is 36. The van der Waals surface area contributed by atoms with Crippen LogP contribution in [0.2, 0.25) is 0 Å². The molecule has 0 aromatic carbocycles. The van der Waals surface area contributed by atoms with E-state index in [2.05, 4.69) is 104 Å². The molecule has 0 aliphatic carbocycles. The van der Waals surface area contributed by atoms with E-state index < -0.39 is 124 Å². The minimum absolute atomic E-state index is 0.232. The lowest BCUT2D eigenvalue weighted by Gasteiger charge is -2.48. The highest BCUT2D eigenvalue weighted by Gasteiger charge is 2.54. The predicted octanol–water partition coefficient (Wildman–Crippen LogP) is 14.7. The Balaban J connectivity index is 1.30. The number of ether oxygens (including phenoxy) is 6. The van der Waals surface area contributed by atoms with Crippen LogP contribution in [0.25, 0.3) is 0 Å². The van der Waals surface area contributed by atoms with Gasteiger partial charge in [-0.15, -0.1) is 0 Å². The average molecular weight is 1490 g/mol. The second-order valence-electron chi connectivity index (χ2n) is 29.5. The number of aliphatic hydroxyl groups is 11. The summed E-state index contributed by atoms with van der Waals surface area (Å²) in [6.45, 7) is 1.61. The van der Waals surface area contributed by atoms with Crippen LogP contribution in [0.5, 0.6) is 0 Å². The number of carbonyl (C=O) groups is 1. The van der Waals surface area contributed by atoms with E-state index in [0.29, 0.717) is 12.8 Å². The van der Waals surface area contributed by atoms with Crippen molar-refractivity contribution in [3.05, 3.63) is 97.2 Å². The van der Waals surface area contributed by atoms with Gasteiger partial charge in [0.15, 0.2) is 18.9 Å². The van der Waals surface area contributed by atoms with Gasteiger partial charge in [0.25, 0.3) is 0 Å². The molecule has 0 aromatic rings. The maximum atomic E-state index is 13.5. The Morgan fingerprint density at radius 2 is 0.667 bits per heavy atom. The number of carbonyl (C=O) groups excluding carboxylic acids is 1. The molecule has 105 heavy (non-hydrogen) atoms. The van der Waals surface area contributed by atoms with Crippen molar-refractivity contribution in [3.63, 3.8) is 0 Å². The molecule has 0 saturated carbocycles. The fourth-order valence-corrected chi connectivity index (χ4v) is 13.7. The van der Waals surface area contributed by atoms with Gasteiger partial charge < -0.3 is 89.9 Å². The number of amides is 1. The number of nitrogens with one attached hydrogen (secondary N) is 1. The molecule has 3 fully saturated rings. The van der Waals surface area contributed by atoms with E-state index in [9.17, 15) is 61.0 Å². The van der Waals surface area contributed by atoms with Crippen LogP contribution >= 0.6 is 0 Å². The first-order chi connectivity index (χ1) is 51.3. The number of aliphatic hydroxyl groups excluding tert-OH is 11. The lowest BCUT2D eigenvalue weighted by molar-refractivity contribution is -0.379. The van der Waals surface area contributed by atoms with Gasteiger partial charge in [-0.05, 0) is 89.9 Å². The Bertz CT molecular complexity index is 2270. The van der Waals surface area contributed by atoms with E-state index in [-0.39, 0.29) is 18.9 Å². The van der Waals surface area contributed by atoms with Gasteiger partial charge in [0.1, 0.15) is 73.2 Å². The molecule has 17 unspecified atom stereocenters. The largest absolute Gasteiger partial charge is 0.394 e. The summed E-state index contributed by atoms with van der Waals surface area (Å²) in [7, 11) is 0. The van der Waals surface area contributed by atoms with Crippen LogP contribution in [0.4, 0.5) is 0 Å². The molecule has 19 heteroatoms. The highest BCUT2D eigenvalue weighted by Crippen LogP contribution is 2.33. The zero-order valence-electron chi connectivity index (χ0n) is 65.2. The van der Waals surface area contributed by atoms with Crippen molar-refractivity contribution in [2.24, 2.45) is 0 Å². The van der Waals surface area contributed by atoms with Crippen LogP contribution in [0.1, 0.15) is 309 Å². The topological polar surface area (TPSA) is 307 Å². The first-order valence-corrected chi connectivity index (χ1v) is 42.0. The summed E-state index contributed by atoms with van der Waals surface area (Å²) < 4.78 is 34.4. The Morgan fingerprint density at radius 1 is 0.352 bits per heavy atom. The molecule has 3 heterocycles. The molecule has 3 saturated heterocycles. The van der Waals surface area contributed by atoms with Crippen molar-refractivity contribution in [3.8, 4) is 0 Å². The van der Waals surface area contributed by atoms with Gasteiger partial charge >= 0.3 is 0 Å². The average Bonchev–Trinajstić information content (AvgIpc) is 0.781. The minimum Gasteiger partial charge on any atom is -0.394 e. The van der Waals surface area contributed by atoms with E-state index in [1.54, 1.807) is 6.08 Å². The van der Waals surface area contributed by atoms with Crippen molar-refractivity contribution < 1.29 is 89.4 Å². The zero-order chi connectivity index (χ0) is 76.0. The van der Waals surface area contributed by atoms with Crippen LogP contribution < -0.4 is 5.32 Å². The highest BCUT2D eigenvalue weighted by atomic mass is 16.8. The number of rotatable bonds is 66. The van der Waals surface area contributed by atoms with Gasteiger partial charge in [0, 0.05) is 6.42 Å². The third-order valence-corrected chi connectivity index (χ3v) is 20.3. The van der Waals surface area contributed by atoms with Crippen molar-refractivity contribution in [2.45, 2.75) is 413 Å². The molecule has 3 rings (SSSR count). The molecule has 608 valence electrons. The summed E-state index contributed by atoms with van der Waals surface area (Å²) in [6, 6.07) is -1.000. The zero-order valence-corrected chi connectivity index (χ0v) is 65.2. The third kappa shape index (κ3) is 45.0. The Morgan fingerprint density at radius 3 is 1.07 bits per heavy atom. The standard InChI is InChI=1S/C86H151NO18/c1-3-5-7-9-11-13-15-17-19-21-23-24-25-26-27-28-29-30-31-32-33-34-35-36-37-38-39-40-41-42-43-44-46-48-50-52-54-56-58-60-62-64-74(92)87-69(70(91)63-61-59-57-55-53-51-49-47-45-22-20-18-16-14-12-10-8-6-4-2)68-100-84-80(98)77(95)82(72(66-89)102-84)105-86-81(99)78(96)83(73(67-90)103-86)104-85-79(97)76(94)75(93)71(65-88)101-85/h5,7,11,13,17,19,23-24,26-27,45,47,53,55,61,63,69-73,75-86,88-91,93-99H,3-4,6,8-10,12,14-16,18,20-22,25,28-44,46,48-52,54,56-60,62,64-68H2,1-2H3,(H,87,92)/b7-5-,13-11-,19-17-,24-23-,27-26-,47-45+,55-53+,63-61+. The quantitative estimate of drug-likeness (QED) is 0.0199. The number of hydrogen-bond donors (Lipinski definition) is 12. The summed E-state index contributed by atoms with van der Waals surface area (Å²) >= 11 is 0. The highest BCUT2D eigenvalue weighted by molar-refractivity contribution is 5.76. The van der Waals surface area contributed by atoms with E-state index in [1.165, 1.54) is 199 Å². The van der Waals surface area contributed by atoms with Crippen molar-refractivity contribution >= 4 is 5.91 Å². The van der Waals surface area contributed by atoms with E-state index >= 15 is 0 Å². The Labute approximate surface area is 634 Å². The summed E-state index contributed by atoms with van der Waals surface area (Å²) in [6.07, 6.45) is 62.8. The third-order valence-electron chi connectivity index (χ3n) is 20.3. The van der Waals surface area contributed by atoms with Crippen LogP contribution in [0, 0.1) is 0 Å². The number of allylic oxidation sites excluding steroid dienone is 15. The van der Waals surface area contributed by atoms with Crippen LogP contribution in [-0.2, 0) is 33.2 Å². The Kier molecular flexibility index (Phi) is 59.8. The van der Waals surface area contributed by atoms with Gasteiger partial charge in [-0.3, -0.25) is 4.79 Å². The normalized spacial score (nSPS) is 26.3. The summed E-state index contributed by atoms with van der Waals surface area (Å²) in [5.74, 6) is -0.287. The first-order valence-electron chi connectivity index (χ1n) is 42.0. The summed E-state index contributed by atoms with van der Waals surface area (Å²) in [4.78, 5) is 13.5. The minimum atomic E-state index is -1.99. The van der Waals surface area contributed by atoms with Crippen molar-refractivity contribution in [1.29, 1.82) is 0 Å². The fraction of sp³-hybridized carbons (Fsp3) is 0.802. The fourth-order valence-electron chi connectivity index (χ4n) is 13.7. The van der Waals surface area contributed by atoms with Crippen LogP contribution in [0.15, 0.2) is 97.2 Å². The Hall–Kier alpha value is -3.29. The van der Waals surface area contributed by atoms with Crippen LogP contribution in [0.3, 0.4) is 0 Å². The van der Waals surface area contributed by atoms with Gasteiger partial charge in [-0.2, -0.15) is 0 Å². The molecular formula is C86H151NO18. The SMILES string of the molecule is CC/C=C\C/C=C\C/C=C\C/C=C\C/C=C\CCCCCCCCCCCCCCCCCCCCCCCCCCCC(=O)NC(COC1OC(CO)C(OC2OC(CO)C(OC3OC(CO)C(O)C(O)C3O)C(O)C2O)C(O)C1O)C(O)/C=C/CC/C=C/CC/C=C/CCCCCCCCCCC. The molecular weight excluding hydrogens is 1330 g/mol. The molecule has 3 aliphatic heterocycles.